The average molecular weight is 556 g/mol. The van der Waals surface area contributed by atoms with Crippen molar-refractivity contribution in [2.75, 3.05) is 25.4 Å². The molecule has 37 heavy (non-hydrogen) atoms. The maximum Gasteiger partial charge on any atom is 0.243 e. The van der Waals surface area contributed by atoms with Gasteiger partial charge in [0.25, 0.3) is 0 Å². The van der Waals surface area contributed by atoms with E-state index in [9.17, 15) is 13.2 Å². The molecule has 0 aliphatic carbocycles. The molecule has 1 aromatic heterocycles. The van der Waals surface area contributed by atoms with Crippen LogP contribution in [-0.2, 0) is 21.2 Å². The van der Waals surface area contributed by atoms with E-state index in [-0.39, 0.29) is 23.9 Å². The van der Waals surface area contributed by atoms with E-state index in [1.54, 1.807) is 0 Å². The minimum Gasteiger partial charge on any atom is -0.354 e. The maximum atomic E-state index is 13.3. The number of amides is 1. The molecule has 8 nitrogen and oxygen atoms in total. The first-order valence-electron chi connectivity index (χ1n) is 11.6. The van der Waals surface area contributed by atoms with E-state index >= 15 is 0 Å². The van der Waals surface area contributed by atoms with Crippen LogP contribution in [0.15, 0.2) is 95.0 Å². The van der Waals surface area contributed by atoms with E-state index in [2.05, 4.69) is 20.5 Å². The number of halogens is 1. The van der Waals surface area contributed by atoms with Gasteiger partial charge in [0.2, 0.25) is 21.1 Å². The van der Waals surface area contributed by atoms with Crippen molar-refractivity contribution in [2.45, 2.75) is 16.5 Å². The molecule has 0 bridgehead atoms. The highest BCUT2D eigenvalue weighted by Gasteiger charge is 2.26. The highest BCUT2D eigenvalue weighted by atomic mass is 35.5. The van der Waals surface area contributed by atoms with Gasteiger partial charge in [0.1, 0.15) is 0 Å². The Kier molecular flexibility index (Phi) is 9.34. The molecule has 11 heteroatoms. The van der Waals surface area contributed by atoms with Gasteiger partial charge in [-0.05, 0) is 36.2 Å². The van der Waals surface area contributed by atoms with Crippen LogP contribution in [0.25, 0.3) is 11.4 Å². The molecule has 0 radical (unpaired) electrons. The quantitative estimate of drug-likeness (QED) is 0.200. The Morgan fingerprint density at radius 2 is 1.65 bits per heavy atom. The summed E-state index contributed by atoms with van der Waals surface area (Å²) < 4.78 is 27.8. The zero-order valence-electron chi connectivity index (χ0n) is 19.9. The summed E-state index contributed by atoms with van der Waals surface area (Å²) in [7, 11) is -3.90. The SMILES string of the molecule is O=C(CN(CCc1ccccc1)S(=O)(=O)c1ccc(Cl)cc1)NCCSc1n[nH]c(-c2ccccc2)n1. The summed E-state index contributed by atoms with van der Waals surface area (Å²) in [6.07, 6.45) is 0.478. The Morgan fingerprint density at radius 3 is 2.35 bits per heavy atom. The monoisotopic (exact) mass is 555 g/mol. The molecular formula is C26H26ClN5O3S2. The van der Waals surface area contributed by atoms with Gasteiger partial charge in [-0.1, -0.05) is 84.0 Å². The lowest BCUT2D eigenvalue weighted by atomic mass is 10.1. The molecule has 0 aliphatic heterocycles. The van der Waals surface area contributed by atoms with Crippen molar-refractivity contribution in [3.63, 3.8) is 0 Å². The van der Waals surface area contributed by atoms with Crippen LogP contribution in [-0.4, -0.2) is 59.2 Å². The van der Waals surface area contributed by atoms with Gasteiger partial charge >= 0.3 is 0 Å². The Balaban J connectivity index is 1.33. The number of thioether (sulfide) groups is 1. The van der Waals surface area contributed by atoms with Gasteiger partial charge in [-0.2, -0.15) is 4.31 Å². The summed E-state index contributed by atoms with van der Waals surface area (Å²) >= 11 is 7.32. The fourth-order valence-electron chi connectivity index (χ4n) is 3.52. The first-order valence-corrected chi connectivity index (χ1v) is 14.4. The predicted molar refractivity (Wildman–Crippen MR) is 146 cm³/mol. The third-order valence-electron chi connectivity index (χ3n) is 5.43. The number of aromatic nitrogens is 3. The minimum absolute atomic E-state index is 0.0899. The fourth-order valence-corrected chi connectivity index (χ4v) is 5.70. The lowest BCUT2D eigenvalue weighted by Crippen LogP contribution is -2.42. The van der Waals surface area contributed by atoms with Gasteiger partial charge in [0, 0.05) is 29.4 Å². The van der Waals surface area contributed by atoms with Crippen molar-refractivity contribution in [2.24, 2.45) is 0 Å². The van der Waals surface area contributed by atoms with E-state index in [4.69, 9.17) is 11.6 Å². The van der Waals surface area contributed by atoms with E-state index in [0.29, 0.717) is 34.7 Å². The van der Waals surface area contributed by atoms with Crippen LogP contribution >= 0.6 is 23.4 Å². The molecule has 0 spiro atoms. The molecule has 2 N–H and O–H groups in total. The Morgan fingerprint density at radius 1 is 0.973 bits per heavy atom. The molecule has 192 valence electrons. The number of hydrogen-bond acceptors (Lipinski definition) is 6. The largest absolute Gasteiger partial charge is 0.354 e. The molecule has 1 heterocycles. The topological polar surface area (TPSA) is 108 Å². The maximum absolute atomic E-state index is 13.3. The highest BCUT2D eigenvalue weighted by Crippen LogP contribution is 2.20. The van der Waals surface area contributed by atoms with Crippen LogP contribution in [0.4, 0.5) is 0 Å². The van der Waals surface area contributed by atoms with Crippen molar-refractivity contribution < 1.29 is 13.2 Å². The van der Waals surface area contributed by atoms with Crippen LogP contribution in [0.5, 0.6) is 0 Å². The lowest BCUT2D eigenvalue weighted by Gasteiger charge is -2.22. The number of H-pyrrole nitrogens is 1. The summed E-state index contributed by atoms with van der Waals surface area (Å²) in [4.78, 5) is 17.3. The van der Waals surface area contributed by atoms with Crippen molar-refractivity contribution >= 4 is 39.3 Å². The van der Waals surface area contributed by atoms with Crippen LogP contribution in [0, 0.1) is 0 Å². The standard InChI is InChI=1S/C26H26ClN5O3S2/c27-22-11-13-23(14-12-22)37(34,35)32(17-15-20-7-3-1-4-8-20)19-24(33)28-16-18-36-26-29-25(30-31-26)21-9-5-2-6-10-21/h1-14H,15-19H2,(H,28,33)(H,29,30,31). The van der Waals surface area contributed by atoms with E-state index in [1.165, 1.54) is 40.3 Å². The summed E-state index contributed by atoms with van der Waals surface area (Å²) in [5, 5.41) is 10.9. The van der Waals surface area contributed by atoms with Crippen LogP contribution < -0.4 is 5.32 Å². The number of carbonyl (C=O) groups excluding carboxylic acids is 1. The van der Waals surface area contributed by atoms with Gasteiger partial charge in [0.05, 0.1) is 11.4 Å². The van der Waals surface area contributed by atoms with Crippen LogP contribution in [0.3, 0.4) is 0 Å². The molecule has 0 atom stereocenters. The van der Waals surface area contributed by atoms with E-state index in [1.807, 2.05) is 60.7 Å². The fraction of sp³-hybridized carbons (Fsp3) is 0.192. The molecule has 0 saturated heterocycles. The molecule has 1 amide bonds. The minimum atomic E-state index is -3.90. The van der Waals surface area contributed by atoms with E-state index < -0.39 is 10.0 Å². The summed E-state index contributed by atoms with van der Waals surface area (Å²) in [6, 6.07) is 25.2. The van der Waals surface area contributed by atoms with Gasteiger partial charge in [-0.15, -0.1) is 5.10 Å². The van der Waals surface area contributed by atoms with Crippen molar-refractivity contribution in [1.29, 1.82) is 0 Å². The second kappa shape index (κ2) is 12.9. The second-order valence-corrected chi connectivity index (χ2v) is 11.5. The number of aromatic amines is 1. The summed E-state index contributed by atoms with van der Waals surface area (Å²) in [5.74, 6) is 0.825. The number of sulfonamides is 1. The number of hydrogen-bond donors (Lipinski definition) is 2. The molecule has 4 rings (SSSR count). The molecule has 4 aromatic rings. The highest BCUT2D eigenvalue weighted by molar-refractivity contribution is 7.99. The van der Waals surface area contributed by atoms with Gasteiger partial charge in [-0.3, -0.25) is 9.89 Å². The number of nitrogens with zero attached hydrogens (tertiary/aromatic N) is 3. The van der Waals surface area contributed by atoms with Gasteiger partial charge in [0.15, 0.2) is 5.82 Å². The zero-order valence-corrected chi connectivity index (χ0v) is 22.3. The molecular weight excluding hydrogens is 530 g/mol. The number of benzene rings is 3. The number of nitrogens with one attached hydrogen (secondary N) is 2. The zero-order chi connectivity index (χ0) is 26.1. The molecule has 0 aliphatic rings. The third-order valence-corrected chi connectivity index (χ3v) is 8.39. The average Bonchev–Trinajstić information content (AvgIpc) is 3.39. The van der Waals surface area contributed by atoms with Crippen LogP contribution in [0.2, 0.25) is 5.02 Å². The lowest BCUT2D eigenvalue weighted by molar-refractivity contribution is -0.121. The molecule has 3 aromatic carbocycles. The molecule has 0 unspecified atom stereocenters. The van der Waals surface area contributed by atoms with Gasteiger partial charge < -0.3 is 5.32 Å². The Hall–Kier alpha value is -3.18. The molecule has 0 saturated carbocycles. The molecule has 0 fully saturated rings. The van der Waals surface area contributed by atoms with Crippen molar-refractivity contribution in [3.8, 4) is 11.4 Å². The predicted octanol–water partition coefficient (Wildman–Crippen LogP) is 4.27. The first kappa shape index (κ1) is 26.9. The first-order chi connectivity index (χ1) is 17.9. The Bertz CT molecular complexity index is 1400. The van der Waals surface area contributed by atoms with Crippen molar-refractivity contribution in [3.05, 3.63) is 95.5 Å². The summed E-state index contributed by atoms with van der Waals surface area (Å²) in [5.41, 5.74) is 1.92. The smallest absolute Gasteiger partial charge is 0.243 e. The normalized spacial score (nSPS) is 11.5. The van der Waals surface area contributed by atoms with Crippen LogP contribution in [0.1, 0.15) is 5.56 Å². The number of carbonyl (C=O) groups is 1. The summed E-state index contributed by atoms with van der Waals surface area (Å²) in [6.45, 7) is 0.212. The van der Waals surface area contributed by atoms with E-state index in [0.717, 1.165) is 11.1 Å². The second-order valence-electron chi connectivity index (χ2n) is 8.06. The third kappa shape index (κ3) is 7.65. The number of rotatable bonds is 12. The van der Waals surface area contributed by atoms with Gasteiger partial charge in [-0.25, -0.2) is 13.4 Å². The Labute approximate surface area is 225 Å². The van der Waals surface area contributed by atoms with Crippen molar-refractivity contribution in [1.82, 2.24) is 24.8 Å².